The third kappa shape index (κ3) is 1.52. The number of hydrogen-bond donors (Lipinski definition) is 2. The molecule has 2 rings (SSSR count). The van der Waals surface area contributed by atoms with Crippen LogP contribution in [-0.4, -0.2) is 14.8 Å². The van der Waals surface area contributed by atoms with Gasteiger partial charge in [0.1, 0.15) is 0 Å². The molecule has 6 heteroatoms. The summed E-state index contributed by atoms with van der Waals surface area (Å²) in [5, 5.41) is 4.44. The van der Waals surface area contributed by atoms with Crippen LogP contribution in [0, 0.1) is 3.57 Å². The molecule has 0 unspecified atom stereocenters. The Labute approximate surface area is 91.9 Å². The van der Waals surface area contributed by atoms with Gasteiger partial charge in [0.05, 0.1) is 5.69 Å². The number of hydrogen-bond acceptors (Lipinski definition) is 2. The lowest BCUT2D eigenvalue weighted by Gasteiger charge is -1.97. The van der Waals surface area contributed by atoms with Crippen molar-refractivity contribution in [2.45, 2.75) is 0 Å². The summed E-state index contributed by atoms with van der Waals surface area (Å²) in [7, 11) is 0. The van der Waals surface area contributed by atoms with Crippen LogP contribution in [0.4, 0.5) is 0 Å². The molecular formula is C8H6IN3O2. The minimum atomic E-state index is -0.462. The lowest BCUT2D eigenvalue weighted by molar-refractivity contribution is 0.951. The molecule has 1 aromatic heterocycles. The molecule has 0 atom stereocenters. The van der Waals surface area contributed by atoms with Gasteiger partial charge in [-0.05, 0) is 46.9 Å². The number of nitrogens with zero attached hydrogens (tertiary/aromatic N) is 1. The zero-order valence-corrected chi connectivity index (χ0v) is 9.11. The first kappa shape index (κ1) is 9.25. The van der Waals surface area contributed by atoms with Gasteiger partial charge in [-0.3, -0.25) is 0 Å². The molecule has 0 saturated heterocycles. The smallest absolute Gasteiger partial charge is 0.247 e. The quantitative estimate of drug-likeness (QED) is 0.751. The molecule has 2 N–H and O–H groups in total. The van der Waals surface area contributed by atoms with Crippen molar-refractivity contribution in [3.63, 3.8) is 0 Å². The number of halogens is 1. The van der Waals surface area contributed by atoms with Gasteiger partial charge in [0.25, 0.3) is 0 Å². The van der Waals surface area contributed by atoms with Gasteiger partial charge in [0, 0.05) is 3.57 Å². The zero-order valence-electron chi connectivity index (χ0n) is 6.95. The number of nitrogens with one attached hydrogen (secondary N) is 2. The second-order valence-electron chi connectivity index (χ2n) is 2.67. The summed E-state index contributed by atoms with van der Waals surface area (Å²) in [6, 6.07) is 7.09. The van der Waals surface area contributed by atoms with E-state index < -0.39 is 11.4 Å². The molecule has 0 aliphatic carbocycles. The Morgan fingerprint density at radius 3 is 2.00 bits per heavy atom. The molecule has 0 aliphatic rings. The van der Waals surface area contributed by atoms with Gasteiger partial charge in [0.15, 0.2) is 0 Å². The first-order valence-electron chi connectivity index (χ1n) is 3.84. The molecule has 1 aromatic carbocycles. The Hall–Kier alpha value is -1.31. The van der Waals surface area contributed by atoms with Crippen molar-refractivity contribution in [2.24, 2.45) is 0 Å². The van der Waals surface area contributed by atoms with Gasteiger partial charge in [-0.1, -0.05) is 0 Å². The van der Waals surface area contributed by atoms with Crippen LogP contribution >= 0.6 is 22.6 Å². The van der Waals surface area contributed by atoms with E-state index in [0.29, 0.717) is 5.69 Å². The molecule has 72 valence electrons. The third-order valence-corrected chi connectivity index (χ3v) is 2.49. The predicted molar refractivity (Wildman–Crippen MR) is 59.7 cm³/mol. The van der Waals surface area contributed by atoms with E-state index in [2.05, 4.69) is 32.8 Å². The number of rotatable bonds is 1. The maximum atomic E-state index is 11.2. The first-order valence-corrected chi connectivity index (χ1v) is 4.92. The summed E-state index contributed by atoms with van der Waals surface area (Å²) >= 11 is 2.15. The minimum Gasteiger partial charge on any atom is -0.247 e. The van der Waals surface area contributed by atoms with E-state index in [0.717, 1.165) is 8.14 Å². The molecule has 14 heavy (non-hydrogen) atoms. The Balaban J connectivity index is 2.66. The highest BCUT2D eigenvalue weighted by Crippen LogP contribution is 2.07. The SMILES string of the molecule is O=c1[nH][nH]c(=O)n1-c1ccc(I)cc1. The number of benzene rings is 1. The maximum absolute atomic E-state index is 11.2. The largest absolute Gasteiger partial charge is 0.348 e. The van der Waals surface area contributed by atoms with E-state index in [-0.39, 0.29) is 0 Å². The number of aromatic amines is 2. The van der Waals surface area contributed by atoms with Crippen LogP contribution in [0.3, 0.4) is 0 Å². The fourth-order valence-electron chi connectivity index (χ4n) is 1.14. The van der Waals surface area contributed by atoms with Crippen molar-refractivity contribution < 1.29 is 0 Å². The molecule has 0 spiro atoms. The summed E-state index contributed by atoms with van der Waals surface area (Å²) in [4.78, 5) is 22.4. The molecule has 1 heterocycles. The van der Waals surface area contributed by atoms with E-state index in [1.165, 1.54) is 0 Å². The van der Waals surface area contributed by atoms with Crippen LogP contribution in [0.5, 0.6) is 0 Å². The maximum Gasteiger partial charge on any atom is 0.348 e. The normalized spacial score (nSPS) is 10.4. The van der Waals surface area contributed by atoms with Crippen molar-refractivity contribution >= 4 is 22.6 Å². The number of H-pyrrole nitrogens is 2. The highest BCUT2D eigenvalue weighted by molar-refractivity contribution is 14.1. The lowest BCUT2D eigenvalue weighted by Crippen LogP contribution is -2.24. The Kier molecular flexibility index (Phi) is 2.28. The molecule has 0 saturated carbocycles. The molecule has 0 fully saturated rings. The number of aromatic nitrogens is 3. The van der Waals surface area contributed by atoms with Crippen LogP contribution in [0.2, 0.25) is 0 Å². The van der Waals surface area contributed by atoms with Crippen molar-refractivity contribution in [3.8, 4) is 5.69 Å². The highest BCUT2D eigenvalue weighted by atomic mass is 127. The summed E-state index contributed by atoms with van der Waals surface area (Å²) < 4.78 is 2.09. The van der Waals surface area contributed by atoms with Crippen molar-refractivity contribution in [1.82, 2.24) is 14.8 Å². The van der Waals surface area contributed by atoms with Gasteiger partial charge >= 0.3 is 11.4 Å². The summed E-state index contributed by atoms with van der Waals surface area (Å²) in [5.41, 5.74) is -0.370. The van der Waals surface area contributed by atoms with Crippen molar-refractivity contribution in [1.29, 1.82) is 0 Å². The zero-order chi connectivity index (χ0) is 10.1. The molecule has 0 radical (unpaired) electrons. The highest BCUT2D eigenvalue weighted by Gasteiger charge is 2.04. The topological polar surface area (TPSA) is 70.7 Å². The van der Waals surface area contributed by atoms with E-state index in [1.54, 1.807) is 12.1 Å². The average molecular weight is 303 g/mol. The molecule has 0 amide bonds. The molecule has 0 bridgehead atoms. The first-order chi connectivity index (χ1) is 6.68. The van der Waals surface area contributed by atoms with Crippen molar-refractivity contribution in [2.75, 3.05) is 0 Å². The van der Waals surface area contributed by atoms with E-state index in [1.807, 2.05) is 12.1 Å². The van der Waals surface area contributed by atoms with Gasteiger partial charge in [-0.15, -0.1) is 0 Å². The van der Waals surface area contributed by atoms with E-state index in [9.17, 15) is 9.59 Å². The Morgan fingerprint density at radius 2 is 1.50 bits per heavy atom. The second kappa shape index (κ2) is 3.45. The molecule has 0 aliphatic heterocycles. The lowest BCUT2D eigenvalue weighted by atomic mass is 10.3. The third-order valence-electron chi connectivity index (χ3n) is 1.77. The summed E-state index contributed by atoms with van der Waals surface area (Å²) in [6.45, 7) is 0. The standard InChI is InChI=1S/C8H6IN3O2/c9-5-1-3-6(4-2-5)12-7(13)10-11-8(12)14/h1-4H,(H,10,13)(H,11,14). The van der Waals surface area contributed by atoms with Gasteiger partial charge < -0.3 is 0 Å². The molecular weight excluding hydrogens is 297 g/mol. The fraction of sp³-hybridized carbons (Fsp3) is 0. The summed E-state index contributed by atoms with van der Waals surface area (Å²) in [5.74, 6) is 0. The van der Waals surface area contributed by atoms with Crippen molar-refractivity contribution in [3.05, 3.63) is 48.8 Å². The monoisotopic (exact) mass is 303 g/mol. The van der Waals surface area contributed by atoms with Crippen LogP contribution in [-0.2, 0) is 0 Å². The molecule has 2 aromatic rings. The Bertz CT molecular complexity index is 521. The van der Waals surface area contributed by atoms with Crippen LogP contribution in [0.25, 0.3) is 5.69 Å². The Morgan fingerprint density at radius 1 is 1.00 bits per heavy atom. The second-order valence-corrected chi connectivity index (χ2v) is 3.92. The van der Waals surface area contributed by atoms with Gasteiger partial charge in [0.2, 0.25) is 0 Å². The average Bonchev–Trinajstić information content (AvgIpc) is 2.49. The van der Waals surface area contributed by atoms with E-state index in [4.69, 9.17) is 0 Å². The van der Waals surface area contributed by atoms with Crippen LogP contribution in [0.1, 0.15) is 0 Å². The van der Waals surface area contributed by atoms with Crippen LogP contribution < -0.4 is 11.4 Å². The van der Waals surface area contributed by atoms with Gasteiger partial charge in [-0.2, -0.15) is 0 Å². The van der Waals surface area contributed by atoms with Crippen LogP contribution in [0.15, 0.2) is 33.9 Å². The fourth-order valence-corrected chi connectivity index (χ4v) is 1.50. The van der Waals surface area contributed by atoms with E-state index >= 15 is 0 Å². The van der Waals surface area contributed by atoms with Gasteiger partial charge in [-0.25, -0.2) is 24.4 Å². The predicted octanol–water partition coefficient (Wildman–Crippen LogP) is 0.458. The minimum absolute atomic E-state index is 0.462. The summed E-state index contributed by atoms with van der Waals surface area (Å²) in [6.07, 6.45) is 0. The molecule has 5 nitrogen and oxygen atoms in total.